The lowest BCUT2D eigenvalue weighted by Gasteiger charge is -2.10. The number of Topliss-reactive ketones (excluding diaryl/α,β-unsaturated/α-hetero) is 1. The summed E-state index contributed by atoms with van der Waals surface area (Å²) in [6.07, 6.45) is 3.18. The Morgan fingerprint density at radius 2 is 2.29 bits per heavy atom. The van der Waals surface area contributed by atoms with Gasteiger partial charge in [0.15, 0.2) is 0 Å². The highest BCUT2D eigenvalue weighted by Gasteiger charge is 2.14. The molecule has 98 valence electrons. The molecule has 0 aromatic rings. The molecule has 1 aliphatic heterocycles. The van der Waals surface area contributed by atoms with Gasteiger partial charge in [-0.1, -0.05) is 0 Å². The highest BCUT2D eigenvalue weighted by molar-refractivity contribution is 5.96. The van der Waals surface area contributed by atoms with Crippen molar-refractivity contribution in [3.8, 4) is 0 Å². The number of hydrogen-bond donors (Lipinski definition) is 1. The van der Waals surface area contributed by atoms with Crippen molar-refractivity contribution in [1.29, 1.82) is 0 Å². The number of nitrogens with one attached hydrogen (secondary N) is 1. The Kier molecular flexibility index (Phi) is 6.81. The Morgan fingerprint density at radius 1 is 1.47 bits per heavy atom. The average molecular weight is 243 g/mol. The third-order valence-corrected chi connectivity index (χ3v) is 2.52. The smallest absolute Gasteiger partial charge is 0.227 e. The second-order valence-corrected chi connectivity index (χ2v) is 4.29. The highest BCUT2D eigenvalue weighted by Crippen LogP contribution is 2.11. The molecule has 1 aliphatic rings. The molecule has 1 rings (SSSR count). The van der Waals surface area contributed by atoms with Crippen molar-refractivity contribution in [2.45, 2.75) is 38.7 Å². The van der Waals surface area contributed by atoms with Crippen LogP contribution in [0.2, 0.25) is 0 Å². The monoisotopic (exact) mass is 243 g/mol. The summed E-state index contributed by atoms with van der Waals surface area (Å²) in [5.74, 6) is -0.325. The minimum absolute atomic E-state index is 0.0310. The molecule has 1 N–H and O–H groups in total. The average Bonchev–Trinajstić information content (AvgIpc) is 2.75. The number of amides is 1. The van der Waals surface area contributed by atoms with Gasteiger partial charge in [0.1, 0.15) is 5.78 Å². The van der Waals surface area contributed by atoms with Crippen LogP contribution in [0.3, 0.4) is 0 Å². The van der Waals surface area contributed by atoms with Crippen LogP contribution in [-0.4, -0.2) is 44.2 Å². The predicted molar refractivity (Wildman–Crippen MR) is 62.7 cm³/mol. The lowest BCUT2D eigenvalue weighted by molar-refractivity contribution is -0.127. The van der Waals surface area contributed by atoms with Crippen molar-refractivity contribution in [3.63, 3.8) is 0 Å². The van der Waals surface area contributed by atoms with Crippen LogP contribution in [-0.2, 0) is 19.1 Å². The predicted octanol–water partition coefficient (Wildman–Crippen LogP) is 0.667. The normalized spacial score (nSPS) is 19.2. The zero-order valence-corrected chi connectivity index (χ0v) is 10.4. The van der Waals surface area contributed by atoms with Crippen molar-refractivity contribution >= 4 is 11.7 Å². The van der Waals surface area contributed by atoms with E-state index in [0.717, 1.165) is 25.9 Å². The van der Waals surface area contributed by atoms with Crippen LogP contribution in [0.15, 0.2) is 0 Å². The third-order valence-electron chi connectivity index (χ3n) is 2.52. The molecule has 1 amide bonds. The first kappa shape index (κ1) is 14.1. The first-order valence-corrected chi connectivity index (χ1v) is 6.14. The topological polar surface area (TPSA) is 64.6 Å². The molecule has 1 heterocycles. The third kappa shape index (κ3) is 7.07. The second-order valence-electron chi connectivity index (χ2n) is 4.29. The van der Waals surface area contributed by atoms with Crippen LogP contribution in [0.1, 0.15) is 32.6 Å². The Morgan fingerprint density at radius 3 is 2.94 bits per heavy atom. The minimum Gasteiger partial charge on any atom is -0.379 e. The maximum atomic E-state index is 11.1. The van der Waals surface area contributed by atoms with Crippen LogP contribution in [0.5, 0.6) is 0 Å². The summed E-state index contributed by atoms with van der Waals surface area (Å²) in [6, 6.07) is 0. The number of ketones is 1. The zero-order chi connectivity index (χ0) is 12.5. The molecule has 0 saturated carbocycles. The van der Waals surface area contributed by atoms with Crippen molar-refractivity contribution in [1.82, 2.24) is 5.32 Å². The fourth-order valence-electron chi connectivity index (χ4n) is 1.68. The summed E-state index contributed by atoms with van der Waals surface area (Å²) in [5, 5.41) is 2.67. The largest absolute Gasteiger partial charge is 0.379 e. The van der Waals surface area contributed by atoms with Gasteiger partial charge in [0.05, 0.1) is 19.1 Å². The summed E-state index contributed by atoms with van der Waals surface area (Å²) in [6.45, 7) is 4.05. The first-order chi connectivity index (χ1) is 8.18. The van der Waals surface area contributed by atoms with Gasteiger partial charge in [-0.15, -0.1) is 0 Å². The quantitative estimate of drug-likeness (QED) is 0.502. The molecule has 17 heavy (non-hydrogen) atoms. The summed E-state index contributed by atoms with van der Waals surface area (Å²) in [7, 11) is 0. The molecule has 0 aromatic heterocycles. The van der Waals surface area contributed by atoms with E-state index < -0.39 is 0 Å². The lowest BCUT2D eigenvalue weighted by Crippen LogP contribution is -2.27. The fourth-order valence-corrected chi connectivity index (χ4v) is 1.68. The second kappa shape index (κ2) is 8.20. The van der Waals surface area contributed by atoms with Gasteiger partial charge in [-0.05, 0) is 26.2 Å². The van der Waals surface area contributed by atoms with E-state index in [-0.39, 0.29) is 24.2 Å². The summed E-state index contributed by atoms with van der Waals surface area (Å²) in [5.41, 5.74) is 0. The summed E-state index contributed by atoms with van der Waals surface area (Å²) in [4.78, 5) is 21.7. The summed E-state index contributed by atoms with van der Waals surface area (Å²) >= 11 is 0. The molecule has 0 spiro atoms. The molecule has 0 radical (unpaired) electrons. The van der Waals surface area contributed by atoms with E-state index in [4.69, 9.17) is 9.47 Å². The van der Waals surface area contributed by atoms with Crippen LogP contribution in [0.4, 0.5) is 0 Å². The molecule has 5 heteroatoms. The van der Waals surface area contributed by atoms with Gasteiger partial charge in [-0.2, -0.15) is 0 Å². The van der Waals surface area contributed by atoms with Gasteiger partial charge in [0.25, 0.3) is 0 Å². The van der Waals surface area contributed by atoms with Crippen molar-refractivity contribution in [3.05, 3.63) is 0 Å². The van der Waals surface area contributed by atoms with Gasteiger partial charge in [0, 0.05) is 19.8 Å². The van der Waals surface area contributed by atoms with E-state index in [1.807, 2.05) is 0 Å². The van der Waals surface area contributed by atoms with Gasteiger partial charge < -0.3 is 14.8 Å². The molecule has 1 atom stereocenters. The van der Waals surface area contributed by atoms with Crippen molar-refractivity contribution in [2.24, 2.45) is 0 Å². The van der Waals surface area contributed by atoms with Gasteiger partial charge >= 0.3 is 0 Å². The SMILES string of the molecule is CC(=O)CC(=O)NCCCOCC1CCCO1. The highest BCUT2D eigenvalue weighted by atomic mass is 16.5. The lowest BCUT2D eigenvalue weighted by atomic mass is 10.2. The molecule has 1 fully saturated rings. The van der Waals surface area contributed by atoms with Crippen molar-refractivity contribution < 1.29 is 19.1 Å². The maximum Gasteiger partial charge on any atom is 0.227 e. The van der Waals surface area contributed by atoms with E-state index in [0.29, 0.717) is 19.8 Å². The molecule has 5 nitrogen and oxygen atoms in total. The zero-order valence-electron chi connectivity index (χ0n) is 10.4. The number of hydrogen-bond acceptors (Lipinski definition) is 4. The molecule has 0 aromatic carbocycles. The minimum atomic E-state index is -0.211. The standard InChI is InChI=1S/C12H21NO4/c1-10(14)8-12(15)13-5-3-6-16-9-11-4-2-7-17-11/h11H,2-9H2,1H3,(H,13,15). The van der Waals surface area contributed by atoms with Crippen molar-refractivity contribution in [2.75, 3.05) is 26.4 Å². The van der Waals surface area contributed by atoms with Crippen LogP contribution < -0.4 is 5.32 Å². The van der Waals surface area contributed by atoms with Gasteiger partial charge in [0.2, 0.25) is 5.91 Å². The van der Waals surface area contributed by atoms with E-state index >= 15 is 0 Å². The molecule has 0 aliphatic carbocycles. The number of carbonyl (C=O) groups is 2. The number of ether oxygens (including phenoxy) is 2. The molecular weight excluding hydrogens is 222 g/mol. The molecular formula is C12H21NO4. The van der Waals surface area contributed by atoms with E-state index in [1.165, 1.54) is 6.92 Å². The van der Waals surface area contributed by atoms with Gasteiger partial charge in [-0.25, -0.2) is 0 Å². The fraction of sp³-hybridized carbons (Fsp3) is 0.833. The van der Waals surface area contributed by atoms with E-state index in [2.05, 4.69) is 5.32 Å². The summed E-state index contributed by atoms with van der Waals surface area (Å²) < 4.78 is 10.8. The Balaban J connectivity index is 1.86. The molecule has 1 saturated heterocycles. The molecule has 0 bridgehead atoms. The maximum absolute atomic E-state index is 11.1. The van der Waals surface area contributed by atoms with Gasteiger partial charge in [-0.3, -0.25) is 9.59 Å². The Bertz CT molecular complexity index is 249. The first-order valence-electron chi connectivity index (χ1n) is 6.14. The molecule has 1 unspecified atom stereocenters. The van der Waals surface area contributed by atoms with E-state index in [1.54, 1.807) is 0 Å². The number of rotatable bonds is 8. The Labute approximate surface area is 102 Å². The van der Waals surface area contributed by atoms with Crippen LogP contribution in [0.25, 0.3) is 0 Å². The number of carbonyl (C=O) groups excluding carboxylic acids is 2. The van der Waals surface area contributed by atoms with E-state index in [9.17, 15) is 9.59 Å². The Hall–Kier alpha value is -0.940. The van der Waals surface area contributed by atoms with Crippen LogP contribution in [0, 0.1) is 0 Å². The van der Waals surface area contributed by atoms with Crippen LogP contribution >= 0.6 is 0 Å².